The minimum atomic E-state index is -0.340. The molecule has 0 bridgehead atoms. The van der Waals surface area contributed by atoms with Crippen molar-refractivity contribution in [2.75, 3.05) is 0 Å². The van der Waals surface area contributed by atoms with Crippen LogP contribution in [0.3, 0.4) is 0 Å². The fraction of sp³-hybridized carbons (Fsp3) is 0.263. The second kappa shape index (κ2) is 7.46. The summed E-state index contributed by atoms with van der Waals surface area (Å²) in [5.74, 6) is -0.469. The first-order chi connectivity index (χ1) is 11.6. The summed E-state index contributed by atoms with van der Waals surface area (Å²) in [6, 6.07) is 10.3. The van der Waals surface area contributed by atoms with Gasteiger partial charge in [0, 0.05) is 16.1 Å². The number of carbonyl (C=O) groups excluding carboxylic acids is 1. The second-order valence-corrected chi connectivity index (χ2v) is 7.59. The zero-order valence-corrected chi connectivity index (χ0v) is 16.0. The summed E-state index contributed by atoms with van der Waals surface area (Å²) in [6.45, 7) is 7.97. The molecular formula is C19H20Cl2N2O2. The molecule has 2 aromatic rings. The van der Waals surface area contributed by atoms with E-state index >= 15 is 0 Å². The predicted molar refractivity (Wildman–Crippen MR) is 103 cm³/mol. The quantitative estimate of drug-likeness (QED) is 0.572. The number of hydrazone groups is 1. The zero-order valence-electron chi connectivity index (χ0n) is 14.5. The molecule has 2 aromatic carbocycles. The number of phenols is 1. The van der Waals surface area contributed by atoms with Gasteiger partial charge in [0.1, 0.15) is 5.75 Å². The van der Waals surface area contributed by atoms with Crippen LogP contribution < -0.4 is 5.43 Å². The molecule has 0 radical (unpaired) electrons. The zero-order chi connectivity index (χ0) is 18.8. The number of nitrogens with one attached hydrogen (secondary N) is 1. The number of phenolic OH excluding ortho intramolecular Hbond substituents is 1. The van der Waals surface area contributed by atoms with E-state index in [1.54, 1.807) is 19.1 Å². The fourth-order valence-electron chi connectivity index (χ4n) is 2.22. The Morgan fingerprint density at radius 3 is 2.28 bits per heavy atom. The Balaban J connectivity index is 2.17. The lowest BCUT2D eigenvalue weighted by Gasteiger charge is -2.18. The molecule has 0 atom stereocenters. The maximum atomic E-state index is 12.2. The maximum absolute atomic E-state index is 12.2. The SMILES string of the molecule is CC(=NNC(=O)c1ccc(C(C)(C)C)cc1)c1cc(Cl)cc(Cl)c1O. The molecule has 132 valence electrons. The number of carbonyl (C=O) groups is 1. The average Bonchev–Trinajstić information content (AvgIpc) is 2.55. The highest BCUT2D eigenvalue weighted by molar-refractivity contribution is 6.36. The lowest BCUT2D eigenvalue weighted by atomic mass is 9.87. The van der Waals surface area contributed by atoms with E-state index in [9.17, 15) is 9.90 Å². The van der Waals surface area contributed by atoms with E-state index in [0.29, 0.717) is 21.9 Å². The van der Waals surface area contributed by atoms with E-state index in [2.05, 4.69) is 31.3 Å². The van der Waals surface area contributed by atoms with Crippen LogP contribution in [-0.4, -0.2) is 16.7 Å². The summed E-state index contributed by atoms with van der Waals surface area (Å²) in [7, 11) is 0. The summed E-state index contributed by atoms with van der Waals surface area (Å²) in [6.07, 6.45) is 0. The molecule has 2 rings (SSSR count). The van der Waals surface area contributed by atoms with Gasteiger partial charge >= 0.3 is 0 Å². The smallest absolute Gasteiger partial charge is 0.271 e. The van der Waals surface area contributed by atoms with Crippen LogP contribution in [0.1, 0.15) is 49.2 Å². The van der Waals surface area contributed by atoms with Crippen LogP contribution in [0, 0.1) is 0 Å². The average molecular weight is 379 g/mol. The molecule has 0 aliphatic rings. The molecule has 6 heteroatoms. The Kier molecular flexibility index (Phi) is 5.76. The van der Waals surface area contributed by atoms with E-state index in [1.165, 1.54) is 12.1 Å². The van der Waals surface area contributed by atoms with Crippen LogP contribution in [0.15, 0.2) is 41.5 Å². The van der Waals surface area contributed by atoms with Crippen LogP contribution in [0.4, 0.5) is 0 Å². The number of halogens is 2. The third kappa shape index (κ3) is 4.74. The largest absolute Gasteiger partial charge is 0.506 e. The minimum Gasteiger partial charge on any atom is -0.506 e. The third-order valence-electron chi connectivity index (χ3n) is 3.76. The van der Waals surface area contributed by atoms with Gasteiger partial charge in [-0.1, -0.05) is 56.1 Å². The molecule has 25 heavy (non-hydrogen) atoms. The van der Waals surface area contributed by atoms with Gasteiger partial charge in [0.05, 0.1) is 10.7 Å². The topological polar surface area (TPSA) is 61.7 Å². The molecule has 4 nitrogen and oxygen atoms in total. The molecule has 0 aliphatic carbocycles. The van der Waals surface area contributed by atoms with Gasteiger partial charge in [0.2, 0.25) is 0 Å². The summed E-state index contributed by atoms with van der Waals surface area (Å²) >= 11 is 11.8. The lowest BCUT2D eigenvalue weighted by Crippen LogP contribution is -2.20. The summed E-state index contributed by atoms with van der Waals surface area (Å²) in [5.41, 5.74) is 4.89. The molecule has 0 heterocycles. The Hall–Kier alpha value is -2.04. The van der Waals surface area contributed by atoms with Gasteiger partial charge in [-0.2, -0.15) is 5.10 Å². The van der Waals surface area contributed by atoms with Gasteiger partial charge in [-0.15, -0.1) is 0 Å². The summed E-state index contributed by atoms with van der Waals surface area (Å²) in [4.78, 5) is 12.2. The molecule has 1 amide bonds. The number of benzene rings is 2. The highest BCUT2D eigenvalue weighted by Crippen LogP contribution is 2.31. The molecule has 0 saturated carbocycles. The van der Waals surface area contributed by atoms with Gasteiger partial charge in [0.25, 0.3) is 5.91 Å². The molecule has 0 aromatic heterocycles. The normalized spacial score (nSPS) is 12.2. The molecule has 0 fully saturated rings. The monoisotopic (exact) mass is 378 g/mol. The van der Waals surface area contributed by atoms with E-state index in [1.807, 2.05) is 12.1 Å². The van der Waals surface area contributed by atoms with Crippen molar-refractivity contribution < 1.29 is 9.90 Å². The lowest BCUT2D eigenvalue weighted by molar-refractivity contribution is 0.0954. The van der Waals surface area contributed by atoms with Gasteiger partial charge < -0.3 is 5.11 Å². The van der Waals surface area contributed by atoms with E-state index in [0.717, 1.165) is 5.56 Å². The summed E-state index contributed by atoms with van der Waals surface area (Å²) in [5, 5.41) is 14.5. The van der Waals surface area contributed by atoms with Crippen molar-refractivity contribution in [3.63, 3.8) is 0 Å². The fourth-order valence-corrected chi connectivity index (χ4v) is 2.72. The van der Waals surface area contributed by atoms with Gasteiger partial charge in [-0.3, -0.25) is 4.79 Å². The van der Waals surface area contributed by atoms with Crippen molar-refractivity contribution >= 4 is 34.8 Å². The van der Waals surface area contributed by atoms with Gasteiger partial charge in [0.15, 0.2) is 0 Å². The van der Waals surface area contributed by atoms with Crippen LogP contribution in [-0.2, 0) is 5.41 Å². The van der Waals surface area contributed by atoms with E-state index in [-0.39, 0.29) is 22.1 Å². The molecule has 0 spiro atoms. The molecule has 2 N–H and O–H groups in total. The van der Waals surface area contributed by atoms with Crippen molar-refractivity contribution in [2.24, 2.45) is 5.10 Å². The number of aromatic hydroxyl groups is 1. The van der Waals surface area contributed by atoms with Crippen molar-refractivity contribution in [1.29, 1.82) is 0 Å². The number of hydrogen-bond donors (Lipinski definition) is 2. The Bertz CT molecular complexity index is 823. The molecule has 0 aliphatic heterocycles. The van der Waals surface area contributed by atoms with Crippen molar-refractivity contribution in [3.8, 4) is 5.75 Å². The first kappa shape index (κ1) is 19.3. The Labute approximate surface area is 157 Å². The molecule has 0 unspecified atom stereocenters. The Morgan fingerprint density at radius 2 is 1.72 bits per heavy atom. The van der Waals surface area contributed by atoms with Crippen LogP contribution in [0.25, 0.3) is 0 Å². The molecule has 0 saturated heterocycles. The van der Waals surface area contributed by atoms with Crippen molar-refractivity contribution in [1.82, 2.24) is 5.43 Å². The first-order valence-electron chi connectivity index (χ1n) is 7.73. The highest BCUT2D eigenvalue weighted by atomic mass is 35.5. The number of amides is 1. The predicted octanol–water partition coefficient (Wildman–Crippen LogP) is 5.15. The van der Waals surface area contributed by atoms with Crippen LogP contribution in [0.2, 0.25) is 10.0 Å². The van der Waals surface area contributed by atoms with E-state index in [4.69, 9.17) is 23.2 Å². The third-order valence-corrected chi connectivity index (χ3v) is 4.26. The number of nitrogens with zero attached hydrogens (tertiary/aromatic N) is 1. The second-order valence-electron chi connectivity index (χ2n) is 6.75. The van der Waals surface area contributed by atoms with Crippen molar-refractivity contribution in [3.05, 3.63) is 63.1 Å². The van der Waals surface area contributed by atoms with E-state index < -0.39 is 0 Å². The summed E-state index contributed by atoms with van der Waals surface area (Å²) < 4.78 is 0. The highest BCUT2D eigenvalue weighted by Gasteiger charge is 2.15. The van der Waals surface area contributed by atoms with Crippen LogP contribution >= 0.6 is 23.2 Å². The minimum absolute atomic E-state index is 0.0210. The van der Waals surface area contributed by atoms with Crippen molar-refractivity contribution in [2.45, 2.75) is 33.1 Å². The van der Waals surface area contributed by atoms with Crippen LogP contribution in [0.5, 0.6) is 5.75 Å². The first-order valence-corrected chi connectivity index (χ1v) is 8.48. The van der Waals surface area contributed by atoms with Gasteiger partial charge in [-0.05, 0) is 42.2 Å². The number of rotatable bonds is 3. The maximum Gasteiger partial charge on any atom is 0.271 e. The standard InChI is InChI=1S/C19H20Cl2N2O2/c1-11(15-9-14(20)10-16(21)17(15)24)22-23-18(25)12-5-7-13(8-6-12)19(2,3)4/h5-10,24H,1-4H3,(H,23,25). The number of hydrogen-bond acceptors (Lipinski definition) is 3. The molecular weight excluding hydrogens is 359 g/mol. The van der Waals surface area contributed by atoms with Gasteiger partial charge in [-0.25, -0.2) is 5.43 Å². The Morgan fingerprint density at radius 1 is 1.12 bits per heavy atom.